The standard InChI is InChI=1S/C21H20N4OS/c1-13-4-2-5-15-14(10-22-19(13)15)11-25-8-7-17-16(12-25)21(26)24-20(23-17)18-6-3-9-27-18/h2-6,9-10,22H,7-8,11-12H2,1H3,(H,23,24,26). The van der Waals surface area contributed by atoms with Crippen molar-refractivity contribution in [1.82, 2.24) is 19.9 Å². The van der Waals surface area contributed by atoms with Crippen molar-refractivity contribution >= 4 is 22.2 Å². The van der Waals surface area contributed by atoms with Gasteiger partial charge >= 0.3 is 0 Å². The molecule has 0 saturated carbocycles. The van der Waals surface area contributed by atoms with Gasteiger partial charge in [-0.15, -0.1) is 11.3 Å². The minimum Gasteiger partial charge on any atom is -0.361 e. The van der Waals surface area contributed by atoms with Gasteiger partial charge in [-0.25, -0.2) is 4.98 Å². The van der Waals surface area contributed by atoms with Crippen molar-refractivity contribution in [2.45, 2.75) is 26.4 Å². The minimum atomic E-state index is -0.0112. The van der Waals surface area contributed by atoms with Gasteiger partial charge < -0.3 is 9.97 Å². The summed E-state index contributed by atoms with van der Waals surface area (Å²) in [6, 6.07) is 10.3. The number of para-hydroxylation sites is 1. The zero-order valence-corrected chi connectivity index (χ0v) is 15.9. The van der Waals surface area contributed by atoms with Crippen LogP contribution in [-0.4, -0.2) is 26.4 Å². The maximum Gasteiger partial charge on any atom is 0.255 e. The van der Waals surface area contributed by atoms with Crippen molar-refractivity contribution in [3.63, 3.8) is 0 Å². The molecule has 1 aliphatic rings. The van der Waals surface area contributed by atoms with Gasteiger partial charge in [-0.1, -0.05) is 24.3 Å². The zero-order chi connectivity index (χ0) is 18.4. The lowest BCUT2D eigenvalue weighted by molar-refractivity contribution is 0.242. The van der Waals surface area contributed by atoms with Crippen LogP contribution in [0.4, 0.5) is 0 Å². The number of thiophene rings is 1. The molecular weight excluding hydrogens is 356 g/mol. The van der Waals surface area contributed by atoms with Gasteiger partial charge in [0.25, 0.3) is 5.56 Å². The Balaban J connectivity index is 1.43. The Hall–Kier alpha value is -2.70. The first-order valence-corrected chi connectivity index (χ1v) is 10.0. The van der Waals surface area contributed by atoms with Crippen LogP contribution in [0.1, 0.15) is 22.4 Å². The number of benzene rings is 1. The van der Waals surface area contributed by atoms with Gasteiger partial charge in [0.2, 0.25) is 0 Å². The molecule has 0 bridgehead atoms. The highest BCUT2D eigenvalue weighted by Gasteiger charge is 2.22. The van der Waals surface area contributed by atoms with E-state index in [1.807, 2.05) is 17.5 Å². The molecule has 1 aromatic carbocycles. The van der Waals surface area contributed by atoms with Crippen molar-refractivity contribution < 1.29 is 0 Å². The Bertz CT molecular complexity index is 1170. The van der Waals surface area contributed by atoms with Gasteiger partial charge in [-0.05, 0) is 29.5 Å². The van der Waals surface area contributed by atoms with E-state index >= 15 is 0 Å². The van der Waals surface area contributed by atoms with Gasteiger partial charge in [0, 0.05) is 43.2 Å². The van der Waals surface area contributed by atoms with Crippen LogP contribution in [0.5, 0.6) is 0 Å². The fraction of sp³-hybridized carbons (Fsp3) is 0.238. The lowest BCUT2D eigenvalue weighted by Crippen LogP contribution is -2.35. The quantitative estimate of drug-likeness (QED) is 0.571. The number of aromatic nitrogens is 3. The second kappa shape index (κ2) is 6.48. The van der Waals surface area contributed by atoms with E-state index in [2.05, 4.69) is 46.2 Å². The molecule has 5 rings (SSSR count). The Morgan fingerprint density at radius 2 is 2.19 bits per heavy atom. The maximum atomic E-state index is 12.7. The summed E-state index contributed by atoms with van der Waals surface area (Å²) in [5.41, 5.74) is 5.46. The predicted molar refractivity (Wildman–Crippen MR) is 109 cm³/mol. The molecule has 3 aromatic heterocycles. The molecule has 0 fully saturated rings. The lowest BCUT2D eigenvalue weighted by atomic mass is 10.0. The average Bonchev–Trinajstić information content (AvgIpc) is 3.33. The third-order valence-electron chi connectivity index (χ3n) is 5.31. The number of nitrogens with one attached hydrogen (secondary N) is 2. The molecule has 1 aliphatic heterocycles. The van der Waals surface area contributed by atoms with Crippen molar-refractivity contribution in [3.05, 3.63) is 74.6 Å². The summed E-state index contributed by atoms with van der Waals surface area (Å²) in [4.78, 5) is 27.1. The zero-order valence-electron chi connectivity index (χ0n) is 15.1. The smallest absolute Gasteiger partial charge is 0.255 e. The predicted octanol–water partition coefficient (Wildman–Crippen LogP) is 3.85. The number of aryl methyl sites for hydroxylation is 1. The lowest BCUT2D eigenvalue weighted by Gasteiger charge is -2.27. The topological polar surface area (TPSA) is 64.8 Å². The number of rotatable bonds is 3. The highest BCUT2D eigenvalue weighted by atomic mass is 32.1. The summed E-state index contributed by atoms with van der Waals surface area (Å²) in [6.45, 7) is 4.50. The highest BCUT2D eigenvalue weighted by Crippen LogP contribution is 2.25. The van der Waals surface area contributed by atoms with Crippen LogP contribution in [0.25, 0.3) is 21.6 Å². The van der Waals surface area contributed by atoms with E-state index in [9.17, 15) is 4.79 Å². The number of hydrogen-bond donors (Lipinski definition) is 2. The number of fused-ring (bicyclic) bond motifs is 2. The van der Waals surface area contributed by atoms with Gasteiger partial charge in [0.15, 0.2) is 5.82 Å². The first kappa shape index (κ1) is 16.5. The van der Waals surface area contributed by atoms with E-state index in [1.165, 1.54) is 22.0 Å². The second-order valence-corrected chi connectivity index (χ2v) is 8.04. The van der Waals surface area contributed by atoms with Gasteiger partial charge in [-0.3, -0.25) is 9.69 Å². The van der Waals surface area contributed by atoms with Crippen LogP contribution >= 0.6 is 11.3 Å². The molecule has 0 atom stereocenters. The van der Waals surface area contributed by atoms with E-state index in [4.69, 9.17) is 4.98 Å². The highest BCUT2D eigenvalue weighted by molar-refractivity contribution is 7.13. The molecule has 2 N–H and O–H groups in total. The largest absolute Gasteiger partial charge is 0.361 e. The Morgan fingerprint density at radius 3 is 3.04 bits per heavy atom. The molecule has 0 spiro atoms. The van der Waals surface area contributed by atoms with Crippen molar-refractivity contribution in [3.8, 4) is 10.7 Å². The first-order chi connectivity index (χ1) is 13.2. The minimum absolute atomic E-state index is 0.0112. The van der Waals surface area contributed by atoms with Crippen LogP contribution < -0.4 is 5.56 Å². The van der Waals surface area contributed by atoms with E-state index in [0.717, 1.165) is 35.6 Å². The number of hydrogen-bond acceptors (Lipinski definition) is 4. The second-order valence-electron chi connectivity index (χ2n) is 7.09. The fourth-order valence-electron chi connectivity index (χ4n) is 3.88. The number of nitrogens with zero attached hydrogens (tertiary/aromatic N) is 2. The molecule has 0 radical (unpaired) electrons. The third kappa shape index (κ3) is 2.91. The molecule has 136 valence electrons. The molecule has 4 heterocycles. The Morgan fingerprint density at radius 1 is 1.26 bits per heavy atom. The third-order valence-corrected chi connectivity index (χ3v) is 6.18. The molecule has 0 amide bonds. The molecule has 0 aliphatic carbocycles. The number of aromatic amines is 2. The van der Waals surface area contributed by atoms with E-state index < -0.39 is 0 Å². The van der Waals surface area contributed by atoms with Gasteiger partial charge in [-0.2, -0.15) is 0 Å². The summed E-state index contributed by atoms with van der Waals surface area (Å²) in [5.74, 6) is 0.689. The summed E-state index contributed by atoms with van der Waals surface area (Å²) in [6.07, 6.45) is 2.90. The van der Waals surface area contributed by atoms with Crippen molar-refractivity contribution in [2.24, 2.45) is 0 Å². The first-order valence-electron chi connectivity index (χ1n) is 9.13. The SMILES string of the molecule is Cc1cccc2c(CN3CCc4nc(-c5cccs5)[nH]c(=O)c4C3)c[nH]c12. The molecule has 0 saturated heterocycles. The van der Waals surface area contributed by atoms with Crippen molar-refractivity contribution in [2.75, 3.05) is 6.54 Å². The van der Waals surface area contributed by atoms with E-state index in [1.54, 1.807) is 11.3 Å². The fourth-order valence-corrected chi connectivity index (χ4v) is 4.55. The van der Waals surface area contributed by atoms with E-state index in [-0.39, 0.29) is 5.56 Å². The van der Waals surface area contributed by atoms with Gasteiger partial charge in [0.1, 0.15) is 0 Å². The summed E-state index contributed by atoms with van der Waals surface area (Å²) < 4.78 is 0. The Labute approximate surface area is 160 Å². The monoisotopic (exact) mass is 376 g/mol. The van der Waals surface area contributed by atoms with Crippen LogP contribution in [0, 0.1) is 6.92 Å². The molecule has 6 heteroatoms. The molecular formula is C21H20N4OS. The number of H-pyrrole nitrogens is 2. The van der Waals surface area contributed by atoms with Crippen molar-refractivity contribution in [1.29, 1.82) is 0 Å². The molecule has 4 aromatic rings. The molecule has 27 heavy (non-hydrogen) atoms. The van der Waals surface area contributed by atoms with Crippen LogP contribution in [-0.2, 0) is 19.5 Å². The molecule has 5 nitrogen and oxygen atoms in total. The van der Waals surface area contributed by atoms with Crippen LogP contribution in [0.2, 0.25) is 0 Å². The average molecular weight is 376 g/mol. The van der Waals surface area contributed by atoms with Gasteiger partial charge in [0.05, 0.1) is 16.1 Å². The summed E-state index contributed by atoms with van der Waals surface area (Å²) in [5, 5.41) is 3.26. The Kier molecular flexibility index (Phi) is 3.95. The summed E-state index contributed by atoms with van der Waals surface area (Å²) >= 11 is 1.59. The normalized spacial score (nSPS) is 14.6. The van der Waals surface area contributed by atoms with E-state index in [0.29, 0.717) is 12.4 Å². The van der Waals surface area contributed by atoms with Crippen LogP contribution in [0.15, 0.2) is 46.7 Å². The summed E-state index contributed by atoms with van der Waals surface area (Å²) in [7, 11) is 0. The van der Waals surface area contributed by atoms with Crippen LogP contribution in [0.3, 0.4) is 0 Å². The molecule has 0 unspecified atom stereocenters. The maximum absolute atomic E-state index is 12.7.